The summed E-state index contributed by atoms with van der Waals surface area (Å²) in [5, 5.41) is 3.39. The molecule has 1 unspecified atom stereocenters. The molecule has 0 saturated carbocycles. The van der Waals surface area contributed by atoms with Gasteiger partial charge >= 0.3 is 0 Å². The first-order valence-corrected chi connectivity index (χ1v) is 8.28. The highest BCUT2D eigenvalue weighted by Gasteiger charge is 2.27. The maximum Gasteiger partial charge on any atom is 0.245 e. The second-order valence-electron chi connectivity index (χ2n) is 6.31. The van der Waals surface area contributed by atoms with Gasteiger partial charge in [-0.15, -0.1) is 0 Å². The van der Waals surface area contributed by atoms with Gasteiger partial charge in [-0.2, -0.15) is 0 Å². The predicted molar refractivity (Wildman–Crippen MR) is 82.2 cm³/mol. The van der Waals surface area contributed by atoms with E-state index in [0.29, 0.717) is 5.92 Å². The number of carbonyl (C=O) groups is 1. The lowest BCUT2D eigenvalue weighted by molar-refractivity contribution is -0.135. The van der Waals surface area contributed by atoms with Crippen LogP contribution >= 0.6 is 0 Å². The number of amides is 1. The van der Waals surface area contributed by atoms with Crippen LogP contribution < -0.4 is 5.32 Å². The summed E-state index contributed by atoms with van der Waals surface area (Å²) in [6.07, 6.45) is 9.60. The molecule has 1 aromatic rings. The summed E-state index contributed by atoms with van der Waals surface area (Å²) >= 11 is 0. The zero-order valence-electron chi connectivity index (χ0n) is 12.9. The molecule has 0 aliphatic carbocycles. The molecule has 0 radical (unpaired) electrons. The summed E-state index contributed by atoms with van der Waals surface area (Å²) in [5.74, 6) is 0.785. The Hall–Kier alpha value is -1.36. The van der Waals surface area contributed by atoms with Crippen LogP contribution in [-0.2, 0) is 4.79 Å². The summed E-state index contributed by atoms with van der Waals surface area (Å²) in [6, 6.07) is -0.129. The second-order valence-corrected chi connectivity index (χ2v) is 6.31. The number of likely N-dealkylation sites (tertiary alicyclic amines) is 1. The monoisotopic (exact) mass is 290 g/mol. The van der Waals surface area contributed by atoms with Crippen molar-refractivity contribution in [3.8, 4) is 0 Å². The fourth-order valence-electron chi connectivity index (χ4n) is 3.57. The fraction of sp³-hybridized carbons (Fsp3) is 0.750. The summed E-state index contributed by atoms with van der Waals surface area (Å²) in [6.45, 7) is 5.97. The number of hydrogen-bond donors (Lipinski definition) is 1. The third-order valence-corrected chi connectivity index (χ3v) is 4.90. The molecule has 1 atom stereocenters. The zero-order chi connectivity index (χ0) is 14.7. The molecular formula is C16H26N4O. The average molecular weight is 290 g/mol. The number of nitrogens with one attached hydrogen (secondary N) is 1. The first-order chi connectivity index (χ1) is 10.3. The van der Waals surface area contributed by atoms with Crippen LogP contribution in [0.5, 0.6) is 0 Å². The van der Waals surface area contributed by atoms with E-state index in [0.717, 1.165) is 51.9 Å². The highest BCUT2D eigenvalue weighted by Crippen LogP contribution is 2.27. The Bertz CT molecular complexity index is 472. The summed E-state index contributed by atoms with van der Waals surface area (Å²) in [4.78, 5) is 19.0. The van der Waals surface area contributed by atoms with E-state index in [1.807, 2.05) is 24.3 Å². The van der Waals surface area contributed by atoms with E-state index in [1.54, 1.807) is 0 Å². The quantitative estimate of drug-likeness (QED) is 0.925. The third kappa shape index (κ3) is 3.12. The molecule has 1 amide bonds. The number of nitrogens with zero attached hydrogens (tertiary/aromatic N) is 3. The van der Waals surface area contributed by atoms with E-state index in [4.69, 9.17) is 0 Å². The molecule has 5 heteroatoms. The van der Waals surface area contributed by atoms with Gasteiger partial charge in [0.25, 0.3) is 0 Å². The second kappa shape index (κ2) is 6.60. The molecular weight excluding hydrogens is 264 g/mol. The average Bonchev–Trinajstić information content (AvgIpc) is 3.04. The Labute approximate surface area is 126 Å². The van der Waals surface area contributed by atoms with Crippen molar-refractivity contribution in [2.75, 3.05) is 26.2 Å². The van der Waals surface area contributed by atoms with E-state index in [-0.39, 0.29) is 11.9 Å². The first kappa shape index (κ1) is 14.6. The van der Waals surface area contributed by atoms with Crippen LogP contribution in [0.4, 0.5) is 0 Å². The lowest BCUT2D eigenvalue weighted by Crippen LogP contribution is -2.40. The molecule has 2 fully saturated rings. The van der Waals surface area contributed by atoms with Crippen molar-refractivity contribution in [1.29, 1.82) is 0 Å². The minimum Gasteiger partial charge on any atom is -0.341 e. The largest absolute Gasteiger partial charge is 0.341 e. The molecule has 5 nitrogen and oxygen atoms in total. The molecule has 2 aliphatic rings. The summed E-state index contributed by atoms with van der Waals surface area (Å²) < 4.78 is 2.10. The Kier molecular flexibility index (Phi) is 4.58. The molecule has 0 spiro atoms. The molecule has 3 rings (SSSR count). The van der Waals surface area contributed by atoms with E-state index in [2.05, 4.69) is 14.9 Å². The van der Waals surface area contributed by atoms with Crippen molar-refractivity contribution in [2.24, 2.45) is 0 Å². The van der Waals surface area contributed by atoms with Crippen molar-refractivity contribution >= 4 is 5.91 Å². The number of imidazole rings is 1. The number of aromatic nitrogens is 2. The van der Waals surface area contributed by atoms with Gasteiger partial charge in [0.1, 0.15) is 6.04 Å². The van der Waals surface area contributed by atoms with Gasteiger partial charge in [0.15, 0.2) is 0 Å². The van der Waals surface area contributed by atoms with Crippen LogP contribution in [0, 0.1) is 0 Å². The molecule has 116 valence electrons. The number of rotatable bonds is 3. The van der Waals surface area contributed by atoms with Gasteiger partial charge < -0.3 is 14.8 Å². The lowest BCUT2D eigenvalue weighted by atomic mass is 9.94. The van der Waals surface area contributed by atoms with Crippen molar-refractivity contribution in [1.82, 2.24) is 19.8 Å². The Morgan fingerprint density at radius 2 is 2.00 bits per heavy atom. The molecule has 2 aliphatic heterocycles. The van der Waals surface area contributed by atoms with Crippen molar-refractivity contribution in [3.05, 3.63) is 18.2 Å². The van der Waals surface area contributed by atoms with E-state index in [1.165, 1.54) is 12.1 Å². The highest BCUT2D eigenvalue weighted by atomic mass is 16.2. The number of carbonyl (C=O) groups excluding carboxylic acids is 1. The van der Waals surface area contributed by atoms with Crippen LogP contribution in [0.1, 0.15) is 56.7 Å². The van der Waals surface area contributed by atoms with Gasteiger partial charge in [0, 0.05) is 30.9 Å². The van der Waals surface area contributed by atoms with Gasteiger partial charge in [0.2, 0.25) is 5.91 Å². The Morgan fingerprint density at radius 3 is 2.71 bits per heavy atom. The van der Waals surface area contributed by atoms with Gasteiger partial charge in [-0.3, -0.25) is 4.79 Å². The van der Waals surface area contributed by atoms with Gasteiger partial charge in [-0.05, 0) is 52.1 Å². The fourth-order valence-corrected chi connectivity index (χ4v) is 3.57. The summed E-state index contributed by atoms with van der Waals surface area (Å²) in [5.41, 5.74) is 1.23. The molecule has 0 bridgehead atoms. The number of hydrogen-bond acceptors (Lipinski definition) is 3. The summed E-state index contributed by atoms with van der Waals surface area (Å²) in [7, 11) is 0. The van der Waals surface area contributed by atoms with Crippen molar-refractivity contribution in [2.45, 2.75) is 51.0 Å². The zero-order valence-corrected chi connectivity index (χ0v) is 12.9. The predicted octanol–water partition coefficient (Wildman–Crippen LogP) is 1.92. The van der Waals surface area contributed by atoms with E-state index < -0.39 is 0 Å². The standard InChI is InChI=1S/C16H26N4O/c1-13(16(21)19-9-3-2-4-10-19)20-12-18-11-15(20)14-5-7-17-8-6-14/h11-14,17H,2-10H2,1H3. The molecule has 1 aromatic heterocycles. The molecule has 1 N–H and O–H groups in total. The first-order valence-electron chi connectivity index (χ1n) is 8.28. The molecule has 21 heavy (non-hydrogen) atoms. The topological polar surface area (TPSA) is 50.2 Å². The Balaban J connectivity index is 1.73. The van der Waals surface area contributed by atoms with Gasteiger partial charge in [-0.1, -0.05) is 0 Å². The normalized spacial score (nSPS) is 22.2. The Morgan fingerprint density at radius 1 is 1.29 bits per heavy atom. The molecule has 0 aromatic carbocycles. The smallest absolute Gasteiger partial charge is 0.245 e. The lowest BCUT2D eigenvalue weighted by Gasteiger charge is -2.31. The minimum atomic E-state index is -0.129. The third-order valence-electron chi connectivity index (χ3n) is 4.90. The van der Waals surface area contributed by atoms with Crippen LogP contribution in [0.2, 0.25) is 0 Å². The van der Waals surface area contributed by atoms with Crippen molar-refractivity contribution < 1.29 is 4.79 Å². The number of piperidine rings is 2. The SMILES string of the molecule is CC(C(=O)N1CCCCC1)n1cncc1C1CCNCC1. The minimum absolute atomic E-state index is 0.129. The molecule has 2 saturated heterocycles. The van der Waals surface area contributed by atoms with Crippen molar-refractivity contribution in [3.63, 3.8) is 0 Å². The maximum atomic E-state index is 12.7. The van der Waals surface area contributed by atoms with Gasteiger partial charge in [0.05, 0.1) is 6.33 Å². The van der Waals surface area contributed by atoms with E-state index in [9.17, 15) is 4.79 Å². The van der Waals surface area contributed by atoms with E-state index >= 15 is 0 Å². The maximum absolute atomic E-state index is 12.7. The van der Waals surface area contributed by atoms with Crippen LogP contribution in [-0.4, -0.2) is 46.5 Å². The van der Waals surface area contributed by atoms with Crippen LogP contribution in [0.3, 0.4) is 0 Å². The van der Waals surface area contributed by atoms with Crippen LogP contribution in [0.25, 0.3) is 0 Å². The van der Waals surface area contributed by atoms with Gasteiger partial charge in [-0.25, -0.2) is 4.98 Å². The highest BCUT2D eigenvalue weighted by molar-refractivity contribution is 5.80. The van der Waals surface area contributed by atoms with Crippen LogP contribution in [0.15, 0.2) is 12.5 Å². The molecule has 3 heterocycles.